The Labute approximate surface area is 210 Å². The first-order valence-corrected chi connectivity index (χ1v) is 12.7. The summed E-state index contributed by atoms with van der Waals surface area (Å²) >= 11 is 0. The number of ether oxygens (including phenoxy) is 1. The maximum atomic E-state index is 13.0. The molecule has 3 aliphatic rings. The van der Waals surface area contributed by atoms with Crippen LogP contribution in [0.4, 0.5) is 5.82 Å². The number of aromatic nitrogens is 1. The van der Waals surface area contributed by atoms with E-state index in [1.807, 2.05) is 18.2 Å². The van der Waals surface area contributed by atoms with Crippen LogP contribution in [-0.2, 0) is 33.6 Å². The first-order valence-electron chi connectivity index (χ1n) is 12.7. The van der Waals surface area contributed by atoms with Crippen molar-refractivity contribution in [3.63, 3.8) is 0 Å². The Kier molecular flexibility index (Phi) is 7.06. The van der Waals surface area contributed by atoms with Crippen molar-refractivity contribution < 1.29 is 24.2 Å². The van der Waals surface area contributed by atoms with E-state index >= 15 is 0 Å². The van der Waals surface area contributed by atoms with Gasteiger partial charge in [-0.3, -0.25) is 14.4 Å². The number of carbonyl (C=O) groups is 3. The molecule has 0 aliphatic carbocycles. The van der Waals surface area contributed by atoms with E-state index in [1.54, 1.807) is 11.0 Å². The number of benzene rings is 1. The van der Waals surface area contributed by atoms with Gasteiger partial charge in [-0.25, -0.2) is 4.98 Å². The Hall–Kier alpha value is -3.62. The number of hydrogen-bond acceptors (Lipinski definition) is 6. The number of nitrogens with one attached hydrogen (secondary N) is 2. The lowest BCUT2D eigenvalue weighted by molar-refractivity contribution is -0.138. The molecule has 4 heterocycles. The number of aliphatic carboxylic acids is 1. The summed E-state index contributed by atoms with van der Waals surface area (Å²) in [4.78, 5) is 43.5. The van der Waals surface area contributed by atoms with E-state index in [1.165, 1.54) is 5.56 Å². The predicted octanol–water partition coefficient (Wildman–Crippen LogP) is 2.49. The molecule has 3 N–H and O–H groups in total. The largest absolute Gasteiger partial charge is 0.493 e. The van der Waals surface area contributed by atoms with Crippen molar-refractivity contribution in [1.29, 1.82) is 0 Å². The van der Waals surface area contributed by atoms with Gasteiger partial charge in [-0.15, -0.1) is 0 Å². The topological polar surface area (TPSA) is 121 Å². The molecule has 190 valence electrons. The first kappa shape index (κ1) is 24.1. The summed E-state index contributed by atoms with van der Waals surface area (Å²) < 4.78 is 5.59. The molecule has 0 radical (unpaired) electrons. The molecule has 1 aromatic carbocycles. The Morgan fingerprint density at radius 2 is 2.08 bits per heavy atom. The molecule has 2 aromatic rings. The average molecular weight is 493 g/mol. The van der Waals surface area contributed by atoms with Gasteiger partial charge in [-0.05, 0) is 60.9 Å². The van der Waals surface area contributed by atoms with Crippen molar-refractivity contribution >= 4 is 23.6 Å². The normalized spacial score (nSPS) is 19.2. The zero-order chi connectivity index (χ0) is 25.1. The van der Waals surface area contributed by atoms with Crippen molar-refractivity contribution in [3.05, 3.63) is 52.7 Å². The maximum Gasteiger partial charge on any atom is 0.305 e. The molecule has 2 unspecified atom stereocenters. The van der Waals surface area contributed by atoms with Crippen LogP contribution < -0.4 is 15.4 Å². The predicted molar refractivity (Wildman–Crippen MR) is 133 cm³/mol. The summed E-state index contributed by atoms with van der Waals surface area (Å²) in [7, 11) is 0. The van der Waals surface area contributed by atoms with E-state index in [0.717, 1.165) is 48.6 Å². The highest BCUT2D eigenvalue weighted by atomic mass is 16.5. The van der Waals surface area contributed by atoms with E-state index in [2.05, 4.69) is 16.7 Å². The van der Waals surface area contributed by atoms with Crippen LogP contribution in [0.15, 0.2) is 30.3 Å². The lowest BCUT2D eigenvalue weighted by Crippen LogP contribution is -2.40. The molecule has 2 atom stereocenters. The molecule has 0 saturated carbocycles. The number of hydrogen-bond donors (Lipinski definition) is 3. The summed E-state index contributed by atoms with van der Waals surface area (Å²) in [5.41, 5.74) is 3.98. The van der Waals surface area contributed by atoms with E-state index in [9.17, 15) is 19.5 Å². The Morgan fingerprint density at radius 3 is 2.94 bits per heavy atom. The second kappa shape index (κ2) is 10.6. The Morgan fingerprint density at radius 1 is 1.22 bits per heavy atom. The third-order valence-electron chi connectivity index (χ3n) is 7.28. The molecule has 2 amide bonds. The summed E-state index contributed by atoms with van der Waals surface area (Å²) in [6.45, 7) is 1.99. The summed E-state index contributed by atoms with van der Waals surface area (Å²) in [5, 5.41) is 15.5. The van der Waals surface area contributed by atoms with Gasteiger partial charge >= 0.3 is 5.97 Å². The van der Waals surface area contributed by atoms with Crippen LogP contribution in [-0.4, -0.2) is 59.0 Å². The number of carboxylic acids is 1. The quantitative estimate of drug-likeness (QED) is 0.492. The lowest BCUT2D eigenvalue weighted by Gasteiger charge is -2.21. The van der Waals surface area contributed by atoms with Crippen LogP contribution in [0, 0.1) is 5.92 Å². The molecular formula is C27H32N4O5. The van der Waals surface area contributed by atoms with Crippen LogP contribution in [0.25, 0.3) is 0 Å². The smallest absolute Gasteiger partial charge is 0.305 e. The fourth-order valence-corrected chi connectivity index (χ4v) is 5.30. The summed E-state index contributed by atoms with van der Waals surface area (Å²) in [5.74, 6) is 0.165. The van der Waals surface area contributed by atoms with Gasteiger partial charge in [0.25, 0.3) is 0 Å². The van der Waals surface area contributed by atoms with Crippen molar-refractivity contribution in [1.82, 2.24) is 15.2 Å². The lowest BCUT2D eigenvalue weighted by atomic mass is 9.99. The molecule has 1 saturated heterocycles. The van der Waals surface area contributed by atoms with Crippen molar-refractivity contribution in [2.24, 2.45) is 5.92 Å². The minimum atomic E-state index is -1.01. The number of carbonyl (C=O) groups excluding carboxylic acids is 2. The number of rotatable bonds is 9. The molecule has 0 bridgehead atoms. The van der Waals surface area contributed by atoms with Gasteiger partial charge in [0.1, 0.15) is 11.6 Å². The number of anilines is 1. The number of fused-ring (bicyclic) bond motifs is 2. The standard InChI is InChI=1S/C27H32N4O5/c32-24(30-22(15-25(33)34)20-4-3-17-10-13-36-23(17)14-20)16-31-12-9-19(27(31)35)6-8-21-7-5-18-2-1-11-28-26(18)29-21/h3-5,7,14,19,22H,1-2,6,8-13,15-16H2,(H,28,29)(H,30,32)(H,33,34). The monoisotopic (exact) mass is 492 g/mol. The fourth-order valence-electron chi connectivity index (χ4n) is 5.30. The second-order valence-electron chi connectivity index (χ2n) is 9.81. The number of amides is 2. The molecule has 3 aliphatic heterocycles. The molecule has 36 heavy (non-hydrogen) atoms. The number of likely N-dealkylation sites (tertiary alicyclic amines) is 1. The van der Waals surface area contributed by atoms with Crippen LogP contribution in [0.2, 0.25) is 0 Å². The van der Waals surface area contributed by atoms with E-state index in [-0.39, 0.29) is 30.7 Å². The van der Waals surface area contributed by atoms with Crippen LogP contribution in [0.3, 0.4) is 0 Å². The van der Waals surface area contributed by atoms with Gasteiger partial charge in [0.2, 0.25) is 11.8 Å². The van der Waals surface area contributed by atoms with Gasteiger partial charge in [0.05, 0.1) is 25.6 Å². The van der Waals surface area contributed by atoms with Crippen molar-refractivity contribution in [2.45, 2.75) is 51.0 Å². The fraction of sp³-hybridized carbons (Fsp3) is 0.481. The second-order valence-corrected chi connectivity index (χ2v) is 9.81. The van der Waals surface area contributed by atoms with Gasteiger partial charge in [0, 0.05) is 31.1 Å². The summed E-state index contributed by atoms with van der Waals surface area (Å²) in [6, 6.07) is 9.03. The minimum Gasteiger partial charge on any atom is -0.493 e. The summed E-state index contributed by atoms with van der Waals surface area (Å²) in [6.07, 6.45) is 4.85. The zero-order valence-electron chi connectivity index (χ0n) is 20.3. The maximum absolute atomic E-state index is 13.0. The molecule has 9 heteroatoms. The molecule has 1 fully saturated rings. The number of nitrogens with zero attached hydrogens (tertiary/aromatic N) is 2. The zero-order valence-corrected chi connectivity index (χ0v) is 20.3. The van der Waals surface area contributed by atoms with Gasteiger partial charge < -0.3 is 25.4 Å². The highest BCUT2D eigenvalue weighted by molar-refractivity contribution is 5.87. The first-order chi connectivity index (χ1) is 17.5. The number of carboxylic acid groups (broad SMARTS) is 1. The Bertz CT molecular complexity index is 1170. The highest BCUT2D eigenvalue weighted by Gasteiger charge is 2.33. The molecule has 1 aromatic heterocycles. The van der Waals surface area contributed by atoms with Crippen molar-refractivity contribution in [2.75, 3.05) is 31.6 Å². The van der Waals surface area contributed by atoms with E-state index < -0.39 is 12.0 Å². The van der Waals surface area contributed by atoms with Crippen LogP contribution in [0.1, 0.15) is 54.1 Å². The number of aryl methyl sites for hydroxylation is 2. The van der Waals surface area contributed by atoms with Crippen molar-refractivity contribution in [3.8, 4) is 5.75 Å². The third-order valence-corrected chi connectivity index (χ3v) is 7.28. The molecule has 9 nitrogen and oxygen atoms in total. The number of pyridine rings is 1. The minimum absolute atomic E-state index is 0.0260. The molecule has 0 spiro atoms. The van der Waals surface area contributed by atoms with Gasteiger partial charge in [-0.2, -0.15) is 0 Å². The highest BCUT2D eigenvalue weighted by Crippen LogP contribution is 2.30. The van der Waals surface area contributed by atoms with E-state index in [4.69, 9.17) is 9.72 Å². The van der Waals surface area contributed by atoms with Gasteiger partial charge in [0.15, 0.2) is 0 Å². The van der Waals surface area contributed by atoms with Crippen LogP contribution in [0.5, 0.6) is 5.75 Å². The van der Waals surface area contributed by atoms with E-state index in [0.29, 0.717) is 38.0 Å². The third kappa shape index (κ3) is 5.45. The SMILES string of the molecule is O=C(O)CC(NC(=O)CN1CCC(CCc2ccc3c(n2)NCCC3)C1=O)c1ccc2c(c1)OCC2. The Balaban J connectivity index is 1.15. The molecular weight excluding hydrogens is 460 g/mol. The van der Waals surface area contributed by atoms with Gasteiger partial charge in [-0.1, -0.05) is 18.2 Å². The van der Waals surface area contributed by atoms with Crippen LogP contribution >= 0.6 is 0 Å². The average Bonchev–Trinajstić information content (AvgIpc) is 3.48. The molecule has 5 rings (SSSR count).